The molecular formula is C24H30FN3O. The molecule has 2 saturated heterocycles. The minimum Gasteiger partial charge on any atom is -0.325 e. The van der Waals surface area contributed by atoms with E-state index in [1.165, 1.54) is 45.0 Å². The van der Waals surface area contributed by atoms with Gasteiger partial charge in [-0.25, -0.2) is 9.18 Å². The van der Waals surface area contributed by atoms with Crippen molar-refractivity contribution in [2.45, 2.75) is 32.1 Å². The Hall–Kier alpha value is -2.40. The van der Waals surface area contributed by atoms with Gasteiger partial charge in [-0.15, -0.1) is 0 Å². The van der Waals surface area contributed by atoms with Crippen LogP contribution in [0.25, 0.3) is 11.1 Å². The van der Waals surface area contributed by atoms with Crippen LogP contribution in [0, 0.1) is 11.7 Å². The molecule has 0 aliphatic carbocycles. The van der Waals surface area contributed by atoms with Crippen LogP contribution < -0.4 is 5.32 Å². The Bertz CT molecular complexity index is 809. The highest BCUT2D eigenvalue weighted by Gasteiger charge is 2.24. The Morgan fingerprint density at radius 2 is 1.62 bits per heavy atom. The van der Waals surface area contributed by atoms with Crippen LogP contribution in [0.4, 0.5) is 14.9 Å². The normalized spacial score (nSPS) is 18.6. The Balaban J connectivity index is 1.27. The number of piperidine rings is 2. The number of carbonyl (C=O) groups is 1. The van der Waals surface area contributed by atoms with Gasteiger partial charge < -0.3 is 15.1 Å². The van der Waals surface area contributed by atoms with Crippen molar-refractivity contribution >= 4 is 11.7 Å². The fourth-order valence-corrected chi connectivity index (χ4v) is 4.46. The van der Waals surface area contributed by atoms with E-state index >= 15 is 0 Å². The summed E-state index contributed by atoms with van der Waals surface area (Å²) in [7, 11) is 0. The van der Waals surface area contributed by atoms with Crippen molar-refractivity contribution in [1.82, 2.24) is 9.80 Å². The third-order valence-corrected chi connectivity index (χ3v) is 6.19. The van der Waals surface area contributed by atoms with Gasteiger partial charge in [-0.3, -0.25) is 0 Å². The number of anilines is 1. The maximum absolute atomic E-state index is 13.9. The first-order valence-electron chi connectivity index (χ1n) is 10.8. The fraction of sp³-hybridized carbons (Fsp3) is 0.458. The van der Waals surface area contributed by atoms with E-state index in [4.69, 9.17) is 0 Å². The molecule has 0 bridgehead atoms. The van der Waals surface area contributed by atoms with Gasteiger partial charge in [-0.05, 0) is 68.5 Å². The Morgan fingerprint density at radius 1 is 0.931 bits per heavy atom. The van der Waals surface area contributed by atoms with E-state index in [-0.39, 0.29) is 11.8 Å². The van der Waals surface area contributed by atoms with Gasteiger partial charge in [-0.2, -0.15) is 0 Å². The number of hydrogen-bond acceptors (Lipinski definition) is 2. The van der Waals surface area contributed by atoms with E-state index in [0.29, 0.717) is 11.5 Å². The first-order chi connectivity index (χ1) is 14.2. The third kappa shape index (κ3) is 5.15. The quantitative estimate of drug-likeness (QED) is 0.770. The first kappa shape index (κ1) is 19.9. The highest BCUT2D eigenvalue weighted by Crippen LogP contribution is 2.25. The third-order valence-electron chi connectivity index (χ3n) is 6.19. The summed E-state index contributed by atoms with van der Waals surface area (Å²) >= 11 is 0. The van der Waals surface area contributed by atoms with E-state index in [1.54, 1.807) is 12.1 Å². The van der Waals surface area contributed by atoms with Crippen molar-refractivity contribution in [3.63, 3.8) is 0 Å². The van der Waals surface area contributed by atoms with E-state index in [0.717, 1.165) is 37.2 Å². The van der Waals surface area contributed by atoms with Crippen LogP contribution in [0.15, 0.2) is 48.5 Å². The molecule has 0 saturated carbocycles. The molecule has 0 unspecified atom stereocenters. The summed E-state index contributed by atoms with van der Waals surface area (Å²) in [5.74, 6) is 0.467. The molecule has 0 spiro atoms. The average Bonchev–Trinajstić information content (AvgIpc) is 2.76. The molecular weight excluding hydrogens is 365 g/mol. The number of urea groups is 1. The number of rotatable bonds is 4. The van der Waals surface area contributed by atoms with Gasteiger partial charge in [0.25, 0.3) is 0 Å². The molecule has 0 aromatic heterocycles. The van der Waals surface area contributed by atoms with Crippen molar-refractivity contribution in [3.05, 3.63) is 54.3 Å². The highest BCUT2D eigenvalue weighted by atomic mass is 19.1. The van der Waals surface area contributed by atoms with Crippen LogP contribution in [0.3, 0.4) is 0 Å². The molecule has 2 amide bonds. The lowest BCUT2D eigenvalue weighted by atomic mass is 9.95. The minimum absolute atomic E-state index is 0.0416. The van der Waals surface area contributed by atoms with Gasteiger partial charge in [0.1, 0.15) is 5.82 Å². The molecule has 5 heteroatoms. The summed E-state index contributed by atoms with van der Waals surface area (Å²) < 4.78 is 13.9. The molecule has 2 aromatic carbocycles. The van der Waals surface area contributed by atoms with Crippen molar-refractivity contribution < 1.29 is 9.18 Å². The van der Waals surface area contributed by atoms with Crippen LogP contribution >= 0.6 is 0 Å². The first-order valence-corrected chi connectivity index (χ1v) is 10.8. The van der Waals surface area contributed by atoms with Crippen molar-refractivity contribution in [2.75, 3.05) is 38.0 Å². The van der Waals surface area contributed by atoms with Gasteiger partial charge in [0.15, 0.2) is 0 Å². The lowest BCUT2D eigenvalue weighted by Gasteiger charge is -2.36. The van der Waals surface area contributed by atoms with Gasteiger partial charge in [-0.1, -0.05) is 36.8 Å². The monoisotopic (exact) mass is 395 g/mol. The Kier molecular flexibility index (Phi) is 6.45. The molecule has 2 aliphatic rings. The van der Waals surface area contributed by atoms with Crippen LogP contribution in [0.5, 0.6) is 0 Å². The van der Waals surface area contributed by atoms with Crippen LogP contribution in [0.1, 0.15) is 32.1 Å². The summed E-state index contributed by atoms with van der Waals surface area (Å²) in [5, 5.41) is 2.98. The second kappa shape index (κ2) is 9.40. The molecule has 2 fully saturated rings. The largest absolute Gasteiger partial charge is 0.325 e. The van der Waals surface area contributed by atoms with Crippen molar-refractivity contribution in [3.8, 4) is 11.1 Å². The fourth-order valence-electron chi connectivity index (χ4n) is 4.46. The van der Waals surface area contributed by atoms with Gasteiger partial charge in [0.2, 0.25) is 0 Å². The number of halogens is 1. The minimum atomic E-state index is -0.239. The SMILES string of the molecule is O=C(Nc1ccc(-c2ccccc2F)cc1)N1CCC(CN2CCCCC2)CC1. The van der Waals surface area contributed by atoms with Crippen LogP contribution in [-0.4, -0.2) is 48.6 Å². The molecule has 154 valence electrons. The summed E-state index contributed by atoms with van der Waals surface area (Å²) in [6, 6.07) is 14.0. The molecule has 0 radical (unpaired) electrons. The number of hydrogen-bond donors (Lipinski definition) is 1. The lowest BCUT2D eigenvalue weighted by molar-refractivity contribution is 0.142. The molecule has 0 atom stereocenters. The molecule has 2 aliphatic heterocycles. The molecule has 29 heavy (non-hydrogen) atoms. The number of nitrogens with one attached hydrogen (secondary N) is 1. The second-order valence-corrected chi connectivity index (χ2v) is 8.28. The van der Waals surface area contributed by atoms with E-state index in [1.807, 2.05) is 35.2 Å². The molecule has 4 nitrogen and oxygen atoms in total. The smallest absolute Gasteiger partial charge is 0.321 e. The van der Waals surface area contributed by atoms with Crippen molar-refractivity contribution in [2.24, 2.45) is 5.92 Å². The van der Waals surface area contributed by atoms with E-state index < -0.39 is 0 Å². The second-order valence-electron chi connectivity index (χ2n) is 8.28. The molecule has 1 N–H and O–H groups in total. The predicted octanol–water partition coefficient (Wildman–Crippen LogP) is 5.22. The van der Waals surface area contributed by atoms with Crippen LogP contribution in [-0.2, 0) is 0 Å². The number of likely N-dealkylation sites (tertiary alicyclic amines) is 2. The maximum atomic E-state index is 13.9. The zero-order chi connectivity index (χ0) is 20.1. The molecule has 4 rings (SSSR count). The summed E-state index contributed by atoms with van der Waals surface area (Å²) in [6.45, 7) is 5.30. The summed E-state index contributed by atoms with van der Waals surface area (Å²) in [6.07, 6.45) is 6.19. The maximum Gasteiger partial charge on any atom is 0.321 e. The Morgan fingerprint density at radius 3 is 2.31 bits per heavy atom. The Labute approximate surface area is 172 Å². The average molecular weight is 396 g/mol. The summed E-state index contributed by atoms with van der Waals surface area (Å²) in [4.78, 5) is 17.1. The zero-order valence-corrected chi connectivity index (χ0v) is 16.9. The zero-order valence-electron chi connectivity index (χ0n) is 16.9. The van der Waals surface area contributed by atoms with Gasteiger partial charge in [0.05, 0.1) is 0 Å². The number of carbonyl (C=O) groups excluding carboxylic acids is 1. The molecule has 2 heterocycles. The van der Waals surface area contributed by atoms with Crippen molar-refractivity contribution in [1.29, 1.82) is 0 Å². The lowest BCUT2D eigenvalue weighted by Crippen LogP contribution is -2.44. The van der Waals surface area contributed by atoms with Gasteiger partial charge >= 0.3 is 6.03 Å². The molecule has 2 aromatic rings. The highest BCUT2D eigenvalue weighted by molar-refractivity contribution is 5.89. The van der Waals surface area contributed by atoms with E-state index in [9.17, 15) is 9.18 Å². The van der Waals surface area contributed by atoms with Crippen LogP contribution in [0.2, 0.25) is 0 Å². The standard InChI is InChI=1S/C24H30FN3O/c25-23-7-3-2-6-22(23)20-8-10-21(11-9-20)26-24(29)28-16-12-19(13-17-28)18-27-14-4-1-5-15-27/h2-3,6-11,19H,1,4-5,12-18H2,(H,26,29). The number of benzene rings is 2. The van der Waals surface area contributed by atoms with E-state index in [2.05, 4.69) is 10.2 Å². The number of nitrogens with zero attached hydrogens (tertiary/aromatic N) is 2. The topological polar surface area (TPSA) is 35.6 Å². The predicted molar refractivity (Wildman–Crippen MR) is 115 cm³/mol. The summed E-state index contributed by atoms with van der Waals surface area (Å²) in [5.41, 5.74) is 2.12. The van der Waals surface area contributed by atoms with Gasteiger partial charge in [0, 0.05) is 30.9 Å². The number of amides is 2.